The average Bonchev–Trinajstić information content (AvgIpc) is 3.18. The molecule has 1 fully saturated rings. The van der Waals surface area contributed by atoms with Crippen LogP contribution in [-0.4, -0.2) is 85.0 Å². The third-order valence-electron chi connectivity index (χ3n) is 5.01. The van der Waals surface area contributed by atoms with E-state index in [1.54, 1.807) is 12.1 Å². The zero-order valence-corrected chi connectivity index (χ0v) is 17.4. The van der Waals surface area contributed by atoms with E-state index in [1.807, 2.05) is 11.9 Å². The van der Waals surface area contributed by atoms with E-state index in [4.69, 9.17) is 4.42 Å². The van der Waals surface area contributed by atoms with Crippen LogP contribution in [0.25, 0.3) is 0 Å². The Kier molecular flexibility index (Phi) is 8.16. The lowest BCUT2D eigenvalue weighted by atomic mass is 10.2. The van der Waals surface area contributed by atoms with Gasteiger partial charge in [-0.1, -0.05) is 0 Å². The van der Waals surface area contributed by atoms with Crippen molar-refractivity contribution in [2.75, 3.05) is 46.3 Å². The van der Waals surface area contributed by atoms with Gasteiger partial charge in [0.15, 0.2) is 11.7 Å². The summed E-state index contributed by atoms with van der Waals surface area (Å²) in [6.07, 6.45) is 2.61. The van der Waals surface area contributed by atoms with E-state index < -0.39 is 0 Å². The van der Waals surface area contributed by atoms with Crippen LogP contribution in [0, 0.1) is 0 Å². The molecule has 1 saturated heterocycles. The predicted molar refractivity (Wildman–Crippen MR) is 109 cm³/mol. The second-order valence-electron chi connectivity index (χ2n) is 7.51. The molecule has 0 aliphatic carbocycles. The predicted octanol–water partition coefficient (Wildman–Crippen LogP) is 2.12. The van der Waals surface area contributed by atoms with E-state index in [1.165, 1.54) is 6.26 Å². The number of carbonyl (C=O) groups excluding carboxylic acids is 1. The molecule has 0 aromatic carbocycles. The van der Waals surface area contributed by atoms with Gasteiger partial charge in [0.05, 0.1) is 6.26 Å². The molecule has 2 rings (SSSR count). The van der Waals surface area contributed by atoms with E-state index in [-0.39, 0.29) is 5.91 Å². The Morgan fingerprint density at radius 1 is 1.19 bits per heavy atom. The fourth-order valence-corrected chi connectivity index (χ4v) is 3.58. The summed E-state index contributed by atoms with van der Waals surface area (Å²) in [5, 5.41) is 3.47. The third-order valence-corrected chi connectivity index (χ3v) is 5.01. The van der Waals surface area contributed by atoms with Gasteiger partial charge in [-0.05, 0) is 46.2 Å². The molecule has 1 aromatic heterocycles. The average molecular weight is 378 g/mol. The highest BCUT2D eigenvalue weighted by atomic mass is 16.3. The molecule has 7 heteroatoms. The number of rotatable bonds is 7. The van der Waals surface area contributed by atoms with Crippen LogP contribution in [0.3, 0.4) is 0 Å². The monoisotopic (exact) mass is 377 g/mol. The van der Waals surface area contributed by atoms with E-state index in [0.29, 0.717) is 30.9 Å². The number of hydrogen-bond acceptors (Lipinski definition) is 4. The van der Waals surface area contributed by atoms with Gasteiger partial charge < -0.3 is 19.5 Å². The van der Waals surface area contributed by atoms with Gasteiger partial charge in [-0.2, -0.15) is 0 Å². The molecule has 7 nitrogen and oxygen atoms in total. The zero-order chi connectivity index (χ0) is 19.8. The van der Waals surface area contributed by atoms with Crippen LogP contribution in [0.15, 0.2) is 27.8 Å². The minimum Gasteiger partial charge on any atom is -0.459 e. The van der Waals surface area contributed by atoms with Crippen molar-refractivity contribution < 1.29 is 9.21 Å². The van der Waals surface area contributed by atoms with Crippen molar-refractivity contribution in [3.8, 4) is 0 Å². The van der Waals surface area contributed by atoms with Gasteiger partial charge in [0.2, 0.25) is 0 Å². The Bertz CT molecular complexity index is 582. The molecule has 0 unspecified atom stereocenters. The van der Waals surface area contributed by atoms with E-state index in [9.17, 15) is 4.79 Å². The van der Waals surface area contributed by atoms with Crippen LogP contribution in [0.1, 0.15) is 44.7 Å². The molecular weight excluding hydrogens is 342 g/mol. The standard InChI is InChI=1S/C20H35N5O2/c1-16(2)25(17(3)4)10-7-9-22-20(21-5)24-13-11-23(12-14-24)19(26)18-8-6-15-27-18/h6,8,15-17H,7,9-14H2,1-5H3,(H,21,22). The van der Waals surface area contributed by atoms with Crippen molar-refractivity contribution in [2.24, 2.45) is 4.99 Å². The second-order valence-corrected chi connectivity index (χ2v) is 7.51. The molecule has 1 N–H and O–H groups in total. The lowest BCUT2D eigenvalue weighted by Crippen LogP contribution is -2.54. The highest BCUT2D eigenvalue weighted by Gasteiger charge is 2.25. The second kappa shape index (κ2) is 10.3. The van der Waals surface area contributed by atoms with Crippen LogP contribution in [-0.2, 0) is 0 Å². The van der Waals surface area contributed by atoms with Gasteiger partial charge in [-0.15, -0.1) is 0 Å². The molecule has 27 heavy (non-hydrogen) atoms. The summed E-state index contributed by atoms with van der Waals surface area (Å²) >= 11 is 0. The number of nitrogens with one attached hydrogen (secondary N) is 1. The summed E-state index contributed by atoms with van der Waals surface area (Å²) in [4.78, 5) is 23.3. The number of nitrogens with zero attached hydrogens (tertiary/aromatic N) is 4. The highest BCUT2D eigenvalue weighted by molar-refractivity contribution is 5.91. The minimum atomic E-state index is -0.0370. The number of hydrogen-bond donors (Lipinski definition) is 1. The lowest BCUT2D eigenvalue weighted by Gasteiger charge is -2.36. The van der Waals surface area contributed by atoms with Gasteiger partial charge in [0.25, 0.3) is 5.91 Å². The van der Waals surface area contributed by atoms with Crippen molar-refractivity contribution in [1.29, 1.82) is 0 Å². The van der Waals surface area contributed by atoms with Gasteiger partial charge >= 0.3 is 0 Å². The summed E-state index contributed by atoms with van der Waals surface area (Å²) in [5.41, 5.74) is 0. The van der Waals surface area contributed by atoms with Crippen LogP contribution >= 0.6 is 0 Å². The molecule has 2 heterocycles. The first kappa shape index (κ1) is 21.3. The van der Waals surface area contributed by atoms with Crippen LogP contribution in [0.2, 0.25) is 0 Å². The number of aliphatic imine (C=N–C) groups is 1. The fraction of sp³-hybridized carbons (Fsp3) is 0.700. The van der Waals surface area contributed by atoms with Crippen molar-refractivity contribution in [2.45, 2.75) is 46.2 Å². The van der Waals surface area contributed by atoms with Crippen molar-refractivity contribution >= 4 is 11.9 Å². The zero-order valence-electron chi connectivity index (χ0n) is 17.4. The number of piperazine rings is 1. The molecule has 1 aromatic rings. The summed E-state index contributed by atoms with van der Waals surface area (Å²) in [6, 6.07) is 4.58. The molecule has 0 bridgehead atoms. The van der Waals surface area contributed by atoms with Crippen LogP contribution in [0.5, 0.6) is 0 Å². The van der Waals surface area contributed by atoms with Crippen LogP contribution in [0.4, 0.5) is 0 Å². The number of amides is 1. The molecule has 1 aliphatic heterocycles. The van der Waals surface area contributed by atoms with Gasteiger partial charge in [-0.3, -0.25) is 14.7 Å². The summed E-state index contributed by atoms with van der Waals surface area (Å²) in [7, 11) is 1.82. The van der Waals surface area contributed by atoms with Gasteiger partial charge in [0, 0.05) is 58.4 Å². The summed E-state index contributed by atoms with van der Waals surface area (Å²) in [5.74, 6) is 1.29. The number of furan rings is 1. The van der Waals surface area contributed by atoms with Crippen molar-refractivity contribution in [3.63, 3.8) is 0 Å². The largest absolute Gasteiger partial charge is 0.459 e. The summed E-state index contributed by atoms with van der Waals surface area (Å²) in [6.45, 7) is 13.9. The number of carbonyl (C=O) groups is 1. The highest BCUT2D eigenvalue weighted by Crippen LogP contribution is 2.10. The first-order valence-electron chi connectivity index (χ1n) is 9.98. The molecular formula is C20H35N5O2. The van der Waals surface area contributed by atoms with Gasteiger partial charge in [-0.25, -0.2) is 0 Å². The maximum absolute atomic E-state index is 12.4. The summed E-state index contributed by atoms with van der Waals surface area (Å²) < 4.78 is 5.22. The normalized spacial score (nSPS) is 15.9. The van der Waals surface area contributed by atoms with E-state index >= 15 is 0 Å². The lowest BCUT2D eigenvalue weighted by molar-refractivity contribution is 0.0657. The van der Waals surface area contributed by atoms with E-state index in [0.717, 1.165) is 38.6 Å². The topological polar surface area (TPSA) is 64.3 Å². The van der Waals surface area contributed by atoms with Crippen molar-refractivity contribution in [3.05, 3.63) is 24.2 Å². The first-order valence-corrected chi connectivity index (χ1v) is 9.98. The Labute approximate surface area is 163 Å². The third kappa shape index (κ3) is 5.99. The number of guanidine groups is 1. The molecule has 0 atom stereocenters. The molecule has 1 amide bonds. The quantitative estimate of drug-likeness (QED) is 0.448. The fourth-order valence-electron chi connectivity index (χ4n) is 3.58. The molecule has 0 radical (unpaired) electrons. The Morgan fingerprint density at radius 3 is 2.33 bits per heavy atom. The maximum atomic E-state index is 12.4. The smallest absolute Gasteiger partial charge is 0.289 e. The first-order chi connectivity index (χ1) is 12.9. The SMILES string of the molecule is CN=C(NCCCN(C(C)C)C(C)C)N1CCN(C(=O)c2ccco2)CC1. The van der Waals surface area contributed by atoms with Crippen LogP contribution < -0.4 is 5.32 Å². The Hall–Kier alpha value is -2.02. The molecule has 152 valence electrons. The Balaban J connectivity index is 1.74. The maximum Gasteiger partial charge on any atom is 0.289 e. The van der Waals surface area contributed by atoms with Gasteiger partial charge in [0.1, 0.15) is 0 Å². The molecule has 1 aliphatic rings. The van der Waals surface area contributed by atoms with Crippen molar-refractivity contribution in [1.82, 2.24) is 20.0 Å². The molecule has 0 spiro atoms. The molecule has 0 saturated carbocycles. The minimum absolute atomic E-state index is 0.0370. The Morgan fingerprint density at radius 2 is 1.81 bits per heavy atom. The van der Waals surface area contributed by atoms with E-state index in [2.05, 4.69) is 47.8 Å².